The highest BCUT2D eigenvalue weighted by molar-refractivity contribution is 6.36. The lowest BCUT2D eigenvalue weighted by Crippen LogP contribution is -2.44. The van der Waals surface area contributed by atoms with Crippen LogP contribution in [-0.4, -0.2) is 23.7 Å². The van der Waals surface area contributed by atoms with E-state index < -0.39 is 6.10 Å². The summed E-state index contributed by atoms with van der Waals surface area (Å²) < 4.78 is 0. The molecule has 0 aromatic heterocycles. The van der Waals surface area contributed by atoms with Crippen molar-refractivity contribution in [1.29, 1.82) is 0 Å². The van der Waals surface area contributed by atoms with E-state index in [1.165, 1.54) is 4.90 Å². The molecule has 0 saturated carbocycles. The quantitative estimate of drug-likeness (QED) is 0.842. The van der Waals surface area contributed by atoms with Gasteiger partial charge in [0.2, 0.25) is 0 Å². The van der Waals surface area contributed by atoms with E-state index in [1.807, 2.05) is 0 Å². The number of anilines is 1. The summed E-state index contributed by atoms with van der Waals surface area (Å²) in [4.78, 5) is 13.3. The molecule has 16 heavy (non-hydrogen) atoms. The normalized spacial score (nSPS) is 21.3. The van der Waals surface area contributed by atoms with Gasteiger partial charge < -0.3 is 10.0 Å². The number of carbonyl (C=O) groups excluding carboxylic acids is 1. The molecule has 0 radical (unpaired) electrons. The monoisotopic (exact) mass is 259 g/mol. The Morgan fingerprint density at radius 3 is 2.81 bits per heavy atom. The Kier molecular flexibility index (Phi) is 3.38. The Hall–Kier alpha value is -0.770. The molecule has 0 aliphatic carbocycles. The van der Waals surface area contributed by atoms with Crippen LogP contribution >= 0.6 is 23.2 Å². The van der Waals surface area contributed by atoms with Crippen molar-refractivity contribution in [2.24, 2.45) is 0 Å². The minimum absolute atomic E-state index is 0.296. The highest BCUT2D eigenvalue weighted by Crippen LogP contribution is 2.31. The summed E-state index contributed by atoms with van der Waals surface area (Å²) in [5.41, 5.74) is 0.606. The number of halogens is 2. The fourth-order valence-corrected chi connectivity index (χ4v) is 2.31. The fourth-order valence-electron chi connectivity index (χ4n) is 1.80. The van der Waals surface area contributed by atoms with Crippen LogP contribution in [0.3, 0.4) is 0 Å². The van der Waals surface area contributed by atoms with Gasteiger partial charge in [0.05, 0.1) is 10.7 Å². The summed E-state index contributed by atoms with van der Waals surface area (Å²) >= 11 is 11.8. The molecular weight excluding hydrogens is 249 g/mol. The number of hydrogen-bond acceptors (Lipinski definition) is 2. The minimum Gasteiger partial charge on any atom is -0.383 e. The standard InChI is InChI=1S/C11H11Cl2NO2/c12-7-3-4-9(8(13)6-7)14-5-1-2-10(15)11(14)16/h3-4,6,10,15H,1-2,5H2. The molecule has 1 saturated heterocycles. The van der Waals surface area contributed by atoms with Crippen molar-refractivity contribution >= 4 is 34.8 Å². The molecule has 1 aromatic carbocycles. The van der Waals surface area contributed by atoms with Gasteiger partial charge in [-0.25, -0.2) is 0 Å². The van der Waals surface area contributed by atoms with Gasteiger partial charge in [-0.2, -0.15) is 0 Å². The summed E-state index contributed by atoms with van der Waals surface area (Å²) in [6, 6.07) is 4.96. The van der Waals surface area contributed by atoms with Crippen LogP contribution in [0.4, 0.5) is 5.69 Å². The van der Waals surface area contributed by atoms with Crippen LogP contribution in [-0.2, 0) is 4.79 Å². The summed E-state index contributed by atoms with van der Waals surface area (Å²) in [6.45, 7) is 0.581. The molecule has 1 aliphatic rings. The first kappa shape index (κ1) is 11.7. The summed E-state index contributed by atoms with van der Waals surface area (Å²) in [5.74, 6) is -0.296. The maximum atomic E-state index is 11.7. The lowest BCUT2D eigenvalue weighted by Gasteiger charge is -2.30. The van der Waals surface area contributed by atoms with Crippen LogP contribution in [0.2, 0.25) is 10.0 Å². The molecule has 1 aliphatic heterocycles. The predicted octanol–water partition coefficient (Wildman–Crippen LogP) is 2.48. The minimum atomic E-state index is -0.916. The van der Waals surface area contributed by atoms with E-state index in [9.17, 15) is 9.90 Å². The van der Waals surface area contributed by atoms with Crippen molar-refractivity contribution in [2.45, 2.75) is 18.9 Å². The van der Waals surface area contributed by atoms with Crippen molar-refractivity contribution < 1.29 is 9.90 Å². The van der Waals surface area contributed by atoms with Gasteiger partial charge in [-0.1, -0.05) is 23.2 Å². The topological polar surface area (TPSA) is 40.5 Å². The third kappa shape index (κ3) is 2.17. The molecule has 86 valence electrons. The Morgan fingerprint density at radius 1 is 1.38 bits per heavy atom. The van der Waals surface area contributed by atoms with Crippen molar-refractivity contribution in [3.8, 4) is 0 Å². The average Bonchev–Trinajstić information content (AvgIpc) is 2.23. The lowest BCUT2D eigenvalue weighted by molar-refractivity contribution is -0.128. The SMILES string of the molecule is O=C1C(O)CCCN1c1ccc(Cl)cc1Cl. The third-order valence-electron chi connectivity index (χ3n) is 2.61. The Balaban J connectivity index is 2.32. The van der Waals surface area contributed by atoms with Gasteiger partial charge in [-0.3, -0.25) is 4.79 Å². The summed E-state index contributed by atoms with van der Waals surface area (Å²) in [7, 11) is 0. The summed E-state index contributed by atoms with van der Waals surface area (Å²) in [5, 5.41) is 10.4. The molecule has 1 heterocycles. The largest absolute Gasteiger partial charge is 0.383 e. The van der Waals surface area contributed by atoms with E-state index >= 15 is 0 Å². The van der Waals surface area contributed by atoms with E-state index in [-0.39, 0.29) is 5.91 Å². The maximum Gasteiger partial charge on any atom is 0.255 e. The zero-order valence-corrected chi connectivity index (χ0v) is 10.0. The van der Waals surface area contributed by atoms with E-state index in [0.29, 0.717) is 28.7 Å². The van der Waals surface area contributed by atoms with E-state index in [2.05, 4.69) is 0 Å². The van der Waals surface area contributed by atoms with Gasteiger partial charge >= 0.3 is 0 Å². The van der Waals surface area contributed by atoms with Crippen molar-refractivity contribution in [3.63, 3.8) is 0 Å². The molecule has 1 unspecified atom stereocenters. The second-order valence-corrected chi connectivity index (χ2v) is 4.59. The Bertz CT molecular complexity index is 422. The molecule has 1 N–H and O–H groups in total. The van der Waals surface area contributed by atoms with Crippen molar-refractivity contribution in [2.75, 3.05) is 11.4 Å². The van der Waals surface area contributed by atoms with E-state index in [0.717, 1.165) is 6.42 Å². The zero-order chi connectivity index (χ0) is 11.7. The maximum absolute atomic E-state index is 11.7. The average molecular weight is 260 g/mol. The number of amides is 1. The van der Waals surface area contributed by atoms with Gasteiger partial charge in [-0.05, 0) is 31.0 Å². The number of aliphatic hydroxyl groups is 1. The number of hydrogen-bond donors (Lipinski definition) is 1. The number of rotatable bonds is 1. The highest BCUT2D eigenvalue weighted by atomic mass is 35.5. The van der Waals surface area contributed by atoms with E-state index in [1.54, 1.807) is 18.2 Å². The highest BCUT2D eigenvalue weighted by Gasteiger charge is 2.28. The molecule has 0 spiro atoms. The molecule has 5 heteroatoms. The number of carbonyl (C=O) groups is 1. The van der Waals surface area contributed by atoms with Gasteiger partial charge in [-0.15, -0.1) is 0 Å². The van der Waals surface area contributed by atoms with Crippen LogP contribution in [0, 0.1) is 0 Å². The smallest absolute Gasteiger partial charge is 0.255 e. The summed E-state index contributed by atoms with van der Waals surface area (Å²) in [6.07, 6.45) is 0.368. The van der Waals surface area contributed by atoms with Gasteiger partial charge in [0.15, 0.2) is 0 Å². The second-order valence-electron chi connectivity index (χ2n) is 3.74. The van der Waals surface area contributed by atoms with Crippen LogP contribution in [0.15, 0.2) is 18.2 Å². The lowest BCUT2D eigenvalue weighted by atomic mass is 10.1. The predicted molar refractivity (Wildman–Crippen MR) is 64.1 cm³/mol. The first-order chi connectivity index (χ1) is 7.59. The van der Waals surface area contributed by atoms with Crippen molar-refractivity contribution in [3.05, 3.63) is 28.2 Å². The Labute approximate surface area is 104 Å². The first-order valence-electron chi connectivity index (χ1n) is 5.04. The van der Waals surface area contributed by atoms with E-state index in [4.69, 9.17) is 23.2 Å². The molecule has 3 nitrogen and oxygen atoms in total. The number of piperidine rings is 1. The molecule has 0 bridgehead atoms. The first-order valence-corrected chi connectivity index (χ1v) is 5.79. The van der Waals surface area contributed by atoms with Crippen LogP contribution < -0.4 is 4.90 Å². The molecule has 2 rings (SSSR count). The van der Waals surface area contributed by atoms with Gasteiger partial charge in [0, 0.05) is 11.6 Å². The zero-order valence-electron chi connectivity index (χ0n) is 8.49. The van der Waals surface area contributed by atoms with Crippen LogP contribution in [0.25, 0.3) is 0 Å². The molecule has 1 atom stereocenters. The third-order valence-corrected chi connectivity index (χ3v) is 3.15. The number of benzene rings is 1. The molecule has 1 amide bonds. The number of nitrogens with zero attached hydrogens (tertiary/aromatic N) is 1. The number of aliphatic hydroxyl groups excluding tert-OH is 1. The van der Waals surface area contributed by atoms with Crippen molar-refractivity contribution in [1.82, 2.24) is 0 Å². The second kappa shape index (κ2) is 4.62. The molecule has 1 fully saturated rings. The van der Waals surface area contributed by atoms with Gasteiger partial charge in [0.25, 0.3) is 5.91 Å². The van der Waals surface area contributed by atoms with Gasteiger partial charge in [0.1, 0.15) is 6.10 Å². The Morgan fingerprint density at radius 2 is 2.12 bits per heavy atom. The molecular formula is C11H11Cl2NO2. The van der Waals surface area contributed by atoms with Crippen LogP contribution in [0.5, 0.6) is 0 Å². The van der Waals surface area contributed by atoms with Crippen LogP contribution in [0.1, 0.15) is 12.8 Å². The fraction of sp³-hybridized carbons (Fsp3) is 0.364. The molecule has 1 aromatic rings.